The predicted molar refractivity (Wildman–Crippen MR) is 49.7 cm³/mol. The lowest BCUT2D eigenvalue weighted by atomic mass is 10.2. The zero-order valence-electron chi connectivity index (χ0n) is 7.91. The third-order valence-corrected chi connectivity index (χ3v) is 1.88. The molecule has 0 spiro atoms. The summed E-state index contributed by atoms with van der Waals surface area (Å²) in [5.41, 5.74) is 0.0114. The predicted octanol–water partition coefficient (Wildman–Crippen LogP) is 3.32. The van der Waals surface area contributed by atoms with Crippen molar-refractivity contribution in [3.63, 3.8) is 0 Å². The van der Waals surface area contributed by atoms with Crippen LogP contribution in [0.3, 0.4) is 0 Å². The second-order valence-electron chi connectivity index (χ2n) is 3.00. The molecule has 1 N–H and O–H groups in total. The molecule has 0 aliphatic carbocycles. The summed E-state index contributed by atoms with van der Waals surface area (Å²) in [5.74, 6) is -3.74. The minimum absolute atomic E-state index is 0.0114. The summed E-state index contributed by atoms with van der Waals surface area (Å²) in [5, 5.41) is 2.70. The number of hydrogen-bond donors (Lipinski definition) is 1. The van der Waals surface area contributed by atoms with Gasteiger partial charge >= 0.3 is 0 Å². The third kappa shape index (κ3) is 2.40. The summed E-state index contributed by atoms with van der Waals surface area (Å²) >= 11 is 0. The van der Waals surface area contributed by atoms with Gasteiger partial charge in [-0.1, -0.05) is 13.3 Å². The van der Waals surface area contributed by atoms with Gasteiger partial charge in [-0.25, -0.2) is 13.2 Å². The monoisotopic (exact) mass is 203 g/mol. The van der Waals surface area contributed by atoms with Gasteiger partial charge in [-0.2, -0.15) is 0 Å². The smallest absolute Gasteiger partial charge is 0.196 e. The quantitative estimate of drug-likeness (QED) is 0.584. The van der Waals surface area contributed by atoms with E-state index in [9.17, 15) is 13.2 Å². The highest BCUT2D eigenvalue weighted by atomic mass is 19.2. The first-order valence-corrected chi connectivity index (χ1v) is 4.54. The molecule has 0 aliphatic rings. The van der Waals surface area contributed by atoms with Crippen molar-refractivity contribution in [1.82, 2.24) is 0 Å². The van der Waals surface area contributed by atoms with Crippen molar-refractivity contribution >= 4 is 5.69 Å². The number of benzene rings is 1. The van der Waals surface area contributed by atoms with Crippen LogP contribution in [0.2, 0.25) is 0 Å². The summed E-state index contributed by atoms with van der Waals surface area (Å²) in [6.07, 6.45) is 1.82. The van der Waals surface area contributed by atoms with Crippen molar-refractivity contribution in [2.24, 2.45) is 0 Å². The molecule has 78 valence electrons. The van der Waals surface area contributed by atoms with Crippen LogP contribution >= 0.6 is 0 Å². The maximum absolute atomic E-state index is 13.0. The number of rotatable bonds is 4. The van der Waals surface area contributed by atoms with Crippen LogP contribution in [0, 0.1) is 17.5 Å². The van der Waals surface area contributed by atoms with E-state index in [1.165, 1.54) is 6.07 Å². The molecule has 0 atom stereocenters. The van der Waals surface area contributed by atoms with Crippen LogP contribution in [0.25, 0.3) is 0 Å². The molecular weight excluding hydrogens is 191 g/mol. The van der Waals surface area contributed by atoms with Crippen molar-refractivity contribution in [2.45, 2.75) is 19.8 Å². The van der Waals surface area contributed by atoms with E-state index in [-0.39, 0.29) is 5.69 Å². The fourth-order valence-corrected chi connectivity index (χ4v) is 1.06. The van der Waals surface area contributed by atoms with Gasteiger partial charge in [0.1, 0.15) is 0 Å². The van der Waals surface area contributed by atoms with Crippen molar-refractivity contribution in [3.8, 4) is 0 Å². The minimum atomic E-state index is -1.42. The van der Waals surface area contributed by atoms with Crippen LogP contribution in [0.4, 0.5) is 18.9 Å². The van der Waals surface area contributed by atoms with Crippen LogP contribution in [-0.2, 0) is 0 Å². The van der Waals surface area contributed by atoms with Gasteiger partial charge < -0.3 is 5.32 Å². The standard InChI is InChI=1S/C10H12F3N/c1-2-3-6-14-8-5-4-7(11)9(12)10(8)13/h4-5,14H,2-3,6H2,1H3. The molecule has 4 heteroatoms. The third-order valence-electron chi connectivity index (χ3n) is 1.88. The lowest BCUT2D eigenvalue weighted by molar-refractivity contribution is 0.449. The minimum Gasteiger partial charge on any atom is -0.383 e. The molecule has 14 heavy (non-hydrogen) atoms. The molecule has 0 saturated heterocycles. The summed E-state index contributed by atoms with van der Waals surface area (Å²) < 4.78 is 38.2. The van der Waals surface area contributed by atoms with Crippen LogP contribution in [-0.4, -0.2) is 6.54 Å². The summed E-state index contributed by atoms with van der Waals surface area (Å²) in [4.78, 5) is 0. The summed E-state index contributed by atoms with van der Waals surface area (Å²) in [6, 6.07) is 2.11. The maximum Gasteiger partial charge on any atom is 0.196 e. The second kappa shape index (κ2) is 4.88. The number of unbranched alkanes of at least 4 members (excludes halogenated alkanes) is 1. The molecule has 0 heterocycles. The molecule has 0 aliphatic heterocycles. The largest absolute Gasteiger partial charge is 0.383 e. The Hall–Kier alpha value is -1.19. The Kier molecular flexibility index (Phi) is 3.80. The Balaban J connectivity index is 2.73. The normalized spacial score (nSPS) is 10.3. The van der Waals surface area contributed by atoms with Gasteiger partial charge in [-0.05, 0) is 18.6 Å². The molecule has 0 aromatic heterocycles. The van der Waals surface area contributed by atoms with Crippen molar-refractivity contribution < 1.29 is 13.2 Å². The van der Waals surface area contributed by atoms with E-state index in [0.29, 0.717) is 6.54 Å². The highest BCUT2D eigenvalue weighted by Gasteiger charge is 2.12. The van der Waals surface area contributed by atoms with E-state index >= 15 is 0 Å². The van der Waals surface area contributed by atoms with Crippen LogP contribution in [0.15, 0.2) is 12.1 Å². The molecular formula is C10H12F3N. The summed E-state index contributed by atoms with van der Waals surface area (Å²) in [6.45, 7) is 2.54. The van der Waals surface area contributed by atoms with Crippen LogP contribution in [0.5, 0.6) is 0 Å². The lowest BCUT2D eigenvalue weighted by Gasteiger charge is -2.07. The van der Waals surface area contributed by atoms with Gasteiger partial charge in [0.15, 0.2) is 17.5 Å². The number of nitrogens with one attached hydrogen (secondary N) is 1. The van der Waals surface area contributed by atoms with E-state index in [1.54, 1.807) is 0 Å². The number of hydrogen-bond acceptors (Lipinski definition) is 1. The van der Waals surface area contributed by atoms with Crippen molar-refractivity contribution in [3.05, 3.63) is 29.6 Å². The maximum atomic E-state index is 13.0. The second-order valence-corrected chi connectivity index (χ2v) is 3.00. The molecule has 0 amide bonds. The number of anilines is 1. The molecule has 0 unspecified atom stereocenters. The van der Waals surface area contributed by atoms with E-state index in [0.717, 1.165) is 18.9 Å². The van der Waals surface area contributed by atoms with Gasteiger partial charge in [0.2, 0.25) is 0 Å². The molecule has 0 bridgehead atoms. The Bertz CT molecular complexity index is 312. The first-order valence-electron chi connectivity index (χ1n) is 4.54. The summed E-state index contributed by atoms with van der Waals surface area (Å²) in [7, 11) is 0. The average molecular weight is 203 g/mol. The highest BCUT2D eigenvalue weighted by Crippen LogP contribution is 2.19. The van der Waals surface area contributed by atoms with Crippen molar-refractivity contribution in [2.75, 3.05) is 11.9 Å². The zero-order chi connectivity index (χ0) is 10.6. The fourth-order valence-electron chi connectivity index (χ4n) is 1.06. The Morgan fingerprint density at radius 2 is 1.86 bits per heavy atom. The average Bonchev–Trinajstić information content (AvgIpc) is 2.18. The Labute approximate surface area is 80.9 Å². The van der Waals surface area contributed by atoms with E-state index in [4.69, 9.17) is 0 Å². The van der Waals surface area contributed by atoms with Crippen molar-refractivity contribution in [1.29, 1.82) is 0 Å². The van der Waals surface area contributed by atoms with E-state index in [2.05, 4.69) is 5.32 Å². The molecule has 1 nitrogen and oxygen atoms in total. The molecule has 1 aromatic rings. The van der Waals surface area contributed by atoms with Crippen LogP contribution < -0.4 is 5.32 Å². The van der Waals surface area contributed by atoms with E-state index in [1.807, 2.05) is 6.92 Å². The first-order chi connectivity index (χ1) is 6.66. The van der Waals surface area contributed by atoms with E-state index < -0.39 is 17.5 Å². The fraction of sp³-hybridized carbons (Fsp3) is 0.400. The van der Waals surface area contributed by atoms with Gasteiger partial charge in [-0.15, -0.1) is 0 Å². The molecule has 0 radical (unpaired) electrons. The Morgan fingerprint density at radius 3 is 2.50 bits per heavy atom. The molecule has 1 rings (SSSR count). The highest BCUT2D eigenvalue weighted by molar-refractivity contribution is 5.45. The number of halogens is 3. The molecule has 1 aromatic carbocycles. The van der Waals surface area contributed by atoms with Gasteiger partial charge in [0.05, 0.1) is 5.69 Å². The SMILES string of the molecule is CCCCNc1ccc(F)c(F)c1F. The Morgan fingerprint density at radius 1 is 1.14 bits per heavy atom. The van der Waals surface area contributed by atoms with Gasteiger partial charge in [0.25, 0.3) is 0 Å². The van der Waals surface area contributed by atoms with Gasteiger partial charge in [-0.3, -0.25) is 0 Å². The topological polar surface area (TPSA) is 12.0 Å². The van der Waals surface area contributed by atoms with Gasteiger partial charge in [0, 0.05) is 6.54 Å². The zero-order valence-corrected chi connectivity index (χ0v) is 7.91. The molecule has 0 saturated carbocycles. The molecule has 0 fully saturated rings. The first kappa shape index (κ1) is 10.9. The lowest BCUT2D eigenvalue weighted by Crippen LogP contribution is -2.05. The van der Waals surface area contributed by atoms with Crippen LogP contribution in [0.1, 0.15) is 19.8 Å².